The monoisotopic (exact) mass is 630 g/mol. The van der Waals surface area contributed by atoms with Crippen LogP contribution in [0, 0.1) is 10.5 Å². The van der Waals surface area contributed by atoms with E-state index in [0.717, 1.165) is 32.7 Å². The van der Waals surface area contributed by atoms with Crippen LogP contribution in [0.25, 0.3) is 22.0 Å². The average molecular weight is 631 g/mol. The second kappa shape index (κ2) is 10.4. The number of amides is 1. The molecule has 194 valence electrons. The summed E-state index contributed by atoms with van der Waals surface area (Å²) in [4.78, 5) is 35.9. The van der Waals surface area contributed by atoms with Crippen LogP contribution in [-0.2, 0) is 9.53 Å². The number of hydrogen-bond acceptors (Lipinski definition) is 6. The fourth-order valence-corrected chi connectivity index (χ4v) is 7.73. The number of ether oxygens (including phenoxy) is 1. The molecule has 0 aliphatic carbocycles. The van der Waals surface area contributed by atoms with Gasteiger partial charge in [0.1, 0.15) is 5.82 Å². The van der Waals surface area contributed by atoms with Crippen molar-refractivity contribution >= 4 is 57.0 Å². The highest BCUT2D eigenvalue weighted by atomic mass is 127. The van der Waals surface area contributed by atoms with Crippen LogP contribution in [0.2, 0.25) is 0 Å². The molecule has 3 aromatic rings. The maximum Gasteiger partial charge on any atom is 0.350 e. The number of thioether (sulfide) groups is 1. The topological polar surface area (TPSA) is 67.7 Å². The number of rotatable bonds is 5. The summed E-state index contributed by atoms with van der Waals surface area (Å²) < 4.78 is 8.51. The molecule has 5 rings (SSSR count). The van der Waals surface area contributed by atoms with E-state index in [1.165, 1.54) is 15.2 Å². The van der Waals surface area contributed by atoms with Gasteiger partial charge in [-0.25, -0.2) is 4.79 Å². The number of halogens is 1. The number of methoxy groups -OCH3 is 1. The van der Waals surface area contributed by atoms with Crippen LogP contribution in [0.15, 0.2) is 52.7 Å². The van der Waals surface area contributed by atoms with E-state index in [-0.39, 0.29) is 29.7 Å². The van der Waals surface area contributed by atoms with Crippen molar-refractivity contribution in [2.45, 2.75) is 43.8 Å². The molecule has 0 radical (unpaired) electrons. The van der Waals surface area contributed by atoms with Crippen LogP contribution < -0.4 is 10.6 Å². The third-order valence-electron chi connectivity index (χ3n) is 7.25. The van der Waals surface area contributed by atoms with Crippen molar-refractivity contribution in [2.24, 2.45) is 0 Å². The Kier molecular flexibility index (Phi) is 7.39. The van der Waals surface area contributed by atoms with Crippen molar-refractivity contribution in [2.75, 3.05) is 37.5 Å². The summed E-state index contributed by atoms with van der Waals surface area (Å²) in [5.41, 5.74) is 4.14. The molecule has 1 saturated heterocycles. The van der Waals surface area contributed by atoms with E-state index < -0.39 is 0 Å². The third-order valence-corrected chi connectivity index (χ3v) is 9.16. The van der Waals surface area contributed by atoms with Crippen LogP contribution in [0.3, 0.4) is 0 Å². The fraction of sp³-hybridized carbons (Fsp3) is 0.393. The summed E-state index contributed by atoms with van der Waals surface area (Å²) in [5.74, 6) is 1.37. The van der Waals surface area contributed by atoms with E-state index in [1.807, 2.05) is 23.3 Å². The van der Waals surface area contributed by atoms with Gasteiger partial charge < -0.3 is 14.5 Å². The van der Waals surface area contributed by atoms with Gasteiger partial charge in [0, 0.05) is 57.5 Å². The van der Waals surface area contributed by atoms with Gasteiger partial charge in [-0.1, -0.05) is 18.7 Å². The molecule has 1 amide bonds. The Labute approximate surface area is 235 Å². The van der Waals surface area contributed by atoms with Gasteiger partial charge in [0.05, 0.1) is 18.2 Å². The van der Waals surface area contributed by atoms with Crippen LogP contribution in [0.5, 0.6) is 0 Å². The number of nitrogens with zero attached hydrogens (tertiary/aromatic N) is 4. The minimum atomic E-state index is -0.256. The predicted molar refractivity (Wildman–Crippen MR) is 159 cm³/mol. The first-order valence-corrected chi connectivity index (χ1v) is 14.5. The lowest BCUT2D eigenvalue weighted by atomic mass is 9.97. The minimum Gasteiger partial charge on any atom is -0.383 e. The number of aryl methyl sites for hydroxylation is 1. The summed E-state index contributed by atoms with van der Waals surface area (Å²) in [6, 6.07) is 10.5. The zero-order chi connectivity index (χ0) is 26.4. The van der Waals surface area contributed by atoms with Gasteiger partial charge >= 0.3 is 5.69 Å². The largest absolute Gasteiger partial charge is 0.383 e. The molecule has 7 nitrogen and oxygen atoms in total. The normalized spacial score (nSPS) is 21.4. The lowest BCUT2D eigenvalue weighted by molar-refractivity contribution is -0.130. The Morgan fingerprint density at radius 2 is 2.00 bits per heavy atom. The van der Waals surface area contributed by atoms with Crippen LogP contribution in [0.4, 0.5) is 5.82 Å². The van der Waals surface area contributed by atoms with Crippen molar-refractivity contribution in [1.29, 1.82) is 0 Å². The highest BCUT2D eigenvalue weighted by Crippen LogP contribution is 2.46. The third kappa shape index (κ3) is 4.59. The van der Waals surface area contributed by atoms with Crippen LogP contribution >= 0.6 is 34.4 Å². The minimum absolute atomic E-state index is 0.0386. The van der Waals surface area contributed by atoms with Gasteiger partial charge in [0.15, 0.2) is 0 Å². The first kappa shape index (κ1) is 26.2. The fourth-order valence-electron chi connectivity index (χ4n) is 5.81. The maximum absolute atomic E-state index is 13.6. The van der Waals surface area contributed by atoms with Gasteiger partial charge in [-0.15, -0.1) is 11.8 Å². The Morgan fingerprint density at radius 3 is 2.65 bits per heavy atom. The molecule has 0 bridgehead atoms. The molecule has 0 saturated carbocycles. The summed E-state index contributed by atoms with van der Waals surface area (Å²) in [6.45, 7) is 11.5. The Morgan fingerprint density at radius 1 is 1.27 bits per heavy atom. The first-order chi connectivity index (χ1) is 17.7. The van der Waals surface area contributed by atoms with E-state index in [0.29, 0.717) is 25.5 Å². The summed E-state index contributed by atoms with van der Waals surface area (Å²) in [5, 5.41) is 0.970. The molecule has 1 aromatic heterocycles. The number of piperazine rings is 1. The molecule has 1 fully saturated rings. The second-order valence-electron chi connectivity index (χ2n) is 9.86. The molecule has 2 aromatic carbocycles. The van der Waals surface area contributed by atoms with E-state index in [1.54, 1.807) is 18.9 Å². The van der Waals surface area contributed by atoms with Crippen molar-refractivity contribution in [3.63, 3.8) is 0 Å². The van der Waals surface area contributed by atoms with Gasteiger partial charge in [0.25, 0.3) is 0 Å². The number of carbonyl (C=O) groups excluding carboxylic acids is 1. The number of anilines is 1. The number of aromatic nitrogens is 2. The van der Waals surface area contributed by atoms with Crippen LogP contribution in [-0.4, -0.2) is 65.0 Å². The molecule has 9 heteroatoms. The summed E-state index contributed by atoms with van der Waals surface area (Å²) in [6.07, 6.45) is 1.37. The number of benzene rings is 2. The van der Waals surface area contributed by atoms with E-state index >= 15 is 0 Å². The highest BCUT2D eigenvalue weighted by Gasteiger charge is 2.35. The van der Waals surface area contributed by atoms with Gasteiger partial charge in [-0.05, 0) is 78.8 Å². The molecule has 0 spiro atoms. The second-order valence-corrected chi connectivity index (χ2v) is 12.1. The van der Waals surface area contributed by atoms with E-state index in [4.69, 9.17) is 4.74 Å². The lowest BCUT2D eigenvalue weighted by Crippen LogP contribution is -2.58. The highest BCUT2D eigenvalue weighted by molar-refractivity contribution is 14.1. The van der Waals surface area contributed by atoms with Gasteiger partial charge in [0.2, 0.25) is 5.91 Å². The summed E-state index contributed by atoms with van der Waals surface area (Å²) >= 11 is 4.13. The number of hydrogen-bond donors (Lipinski definition) is 0. The maximum atomic E-state index is 13.6. The molecule has 2 aliphatic rings. The summed E-state index contributed by atoms with van der Waals surface area (Å²) in [7, 11) is 1.67. The quantitative estimate of drug-likeness (QED) is 0.296. The molecule has 0 unspecified atom stereocenters. The van der Waals surface area contributed by atoms with Gasteiger partial charge in [-0.3, -0.25) is 9.36 Å². The van der Waals surface area contributed by atoms with Crippen LogP contribution in [0.1, 0.15) is 25.5 Å². The molecular formula is C28H31IN4O3S. The zero-order valence-corrected chi connectivity index (χ0v) is 24.5. The van der Waals surface area contributed by atoms with Gasteiger partial charge in [-0.2, -0.15) is 4.98 Å². The smallest absolute Gasteiger partial charge is 0.350 e. The Balaban J connectivity index is 1.74. The molecule has 3 heterocycles. The van der Waals surface area contributed by atoms with Crippen molar-refractivity contribution < 1.29 is 9.53 Å². The first-order valence-electron chi connectivity index (χ1n) is 12.4. The van der Waals surface area contributed by atoms with E-state index in [2.05, 4.69) is 76.3 Å². The van der Waals surface area contributed by atoms with Crippen molar-refractivity contribution in [3.05, 3.63) is 62.6 Å². The SMILES string of the molecule is C=CC(=O)N1[C@H](C)CN(c2nc(=O)n3c4c(c(-c5cccc(I)c5)c(C)cc24)SC[C@@H]3COC)C[C@@H]1C. The predicted octanol–water partition coefficient (Wildman–Crippen LogP) is 4.88. The average Bonchev–Trinajstić information content (AvgIpc) is 2.86. The molecule has 37 heavy (non-hydrogen) atoms. The van der Waals surface area contributed by atoms with Crippen molar-refractivity contribution in [1.82, 2.24) is 14.5 Å². The lowest BCUT2D eigenvalue weighted by Gasteiger charge is -2.45. The molecular weight excluding hydrogens is 599 g/mol. The molecule has 2 aliphatic heterocycles. The Hall–Kier alpha value is -2.37. The Bertz CT molecular complexity index is 1440. The van der Waals surface area contributed by atoms with Crippen molar-refractivity contribution in [3.8, 4) is 11.1 Å². The molecule has 0 N–H and O–H groups in total. The number of carbonyl (C=O) groups is 1. The van der Waals surface area contributed by atoms with E-state index in [9.17, 15) is 9.59 Å². The zero-order valence-electron chi connectivity index (χ0n) is 21.5. The molecule has 3 atom stereocenters. The standard InChI is InChI=1S/C28H31IN4O3S/c1-6-23(34)32-17(3)12-31(13-18(32)4)27-22-10-16(2)24(19-8-7-9-20(29)11-19)26-25(22)33(28(35)30-27)21(14-36-5)15-37-26/h6-11,17-18,21H,1,12-15H2,2-5H3/t17-,18+,21-/m0/s1.